The first-order chi connectivity index (χ1) is 8.88. The highest BCUT2D eigenvalue weighted by atomic mass is 35.5. The largest absolute Gasteiger partial charge is 0.380 e. The van der Waals surface area contributed by atoms with E-state index < -0.39 is 9.84 Å². The highest BCUT2D eigenvalue weighted by Gasteiger charge is 2.29. The van der Waals surface area contributed by atoms with Gasteiger partial charge in [0, 0.05) is 24.7 Å². The summed E-state index contributed by atoms with van der Waals surface area (Å²) in [6.45, 7) is 0. The third-order valence-electron chi connectivity index (χ3n) is 3.43. The second-order valence-electron chi connectivity index (χ2n) is 4.94. The normalized spacial score (nSPS) is 24.2. The molecule has 0 radical (unpaired) electrons. The molecule has 1 aromatic heterocycles. The molecule has 1 N–H and O–H groups in total. The molecule has 1 fully saturated rings. The van der Waals surface area contributed by atoms with Gasteiger partial charge in [0.1, 0.15) is 9.84 Å². The molecule has 7 heteroatoms. The Labute approximate surface area is 123 Å². The fourth-order valence-corrected chi connectivity index (χ4v) is 4.07. The third kappa shape index (κ3) is 3.74. The fourth-order valence-electron chi connectivity index (χ4n) is 2.42. The summed E-state index contributed by atoms with van der Waals surface area (Å²) in [5.41, 5.74) is 0.637. The maximum atomic E-state index is 11.6. The van der Waals surface area contributed by atoms with E-state index in [4.69, 9.17) is 23.2 Å². The van der Waals surface area contributed by atoms with Crippen LogP contribution in [0.5, 0.6) is 0 Å². The molecule has 19 heavy (non-hydrogen) atoms. The van der Waals surface area contributed by atoms with Crippen LogP contribution >= 0.6 is 23.2 Å². The molecule has 1 saturated carbocycles. The molecule has 1 aliphatic rings. The zero-order valence-electron chi connectivity index (χ0n) is 10.6. The van der Waals surface area contributed by atoms with E-state index in [1.165, 1.54) is 18.6 Å². The Bertz CT molecular complexity index is 543. The average Bonchev–Trinajstić information content (AvgIpc) is 2.33. The number of pyridine rings is 1. The molecule has 1 heterocycles. The zero-order valence-corrected chi connectivity index (χ0v) is 12.9. The molecule has 0 aromatic carbocycles. The summed E-state index contributed by atoms with van der Waals surface area (Å²) >= 11 is 12.1. The van der Waals surface area contributed by atoms with E-state index in [0.717, 1.165) is 19.3 Å². The highest BCUT2D eigenvalue weighted by molar-refractivity contribution is 7.91. The van der Waals surface area contributed by atoms with Crippen molar-refractivity contribution >= 4 is 38.7 Å². The van der Waals surface area contributed by atoms with E-state index in [2.05, 4.69) is 10.3 Å². The smallest absolute Gasteiger partial charge is 0.150 e. The van der Waals surface area contributed by atoms with Gasteiger partial charge in [-0.05, 0) is 19.3 Å². The molecule has 2 rings (SSSR count). The Morgan fingerprint density at radius 3 is 2.47 bits per heavy atom. The molecule has 106 valence electrons. The molecule has 0 amide bonds. The van der Waals surface area contributed by atoms with E-state index in [0.29, 0.717) is 22.2 Å². The van der Waals surface area contributed by atoms with Crippen molar-refractivity contribution < 1.29 is 8.42 Å². The summed E-state index contributed by atoms with van der Waals surface area (Å²) in [6.07, 6.45) is 7.46. The van der Waals surface area contributed by atoms with Crippen molar-refractivity contribution in [2.24, 2.45) is 0 Å². The summed E-state index contributed by atoms with van der Waals surface area (Å²) in [4.78, 5) is 3.89. The Balaban J connectivity index is 2.11. The lowest BCUT2D eigenvalue weighted by Gasteiger charge is -2.29. The first-order valence-electron chi connectivity index (χ1n) is 6.12. The van der Waals surface area contributed by atoms with Gasteiger partial charge < -0.3 is 5.32 Å². The van der Waals surface area contributed by atoms with E-state index in [1.807, 2.05) is 0 Å². The second kappa shape index (κ2) is 5.85. The zero-order chi connectivity index (χ0) is 14.0. The van der Waals surface area contributed by atoms with Crippen molar-refractivity contribution in [1.29, 1.82) is 0 Å². The van der Waals surface area contributed by atoms with E-state index in [1.54, 1.807) is 0 Å². The summed E-state index contributed by atoms with van der Waals surface area (Å²) in [5, 5.41) is 3.88. The molecule has 4 nitrogen and oxygen atoms in total. The molecule has 0 spiro atoms. The van der Waals surface area contributed by atoms with Gasteiger partial charge in [-0.25, -0.2) is 8.42 Å². The number of rotatable bonds is 3. The van der Waals surface area contributed by atoms with Gasteiger partial charge >= 0.3 is 0 Å². The summed E-state index contributed by atoms with van der Waals surface area (Å²) in [6, 6.07) is 0.0749. The lowest BCUT2D eigenvalue weighted by Crippen LogP contribution is -2.34. The van der Waals surface area contributed by atoms with Crippen LogP contribution in [0, 0.1) is 0 Å². The monoisotopic (exact) mass is 322 g/mol. The number of nitrogens with zero attached hydrogens (tertiary/aromatic N) is 1. The SMILES string of the molecule is CS(=O)(=O)C1CCCC(Nc2c(Cl)cncc2Cl)C1. The predicted molar refractivity (Wildman–Crippen MR) is 78.8 cm³/mol. The first kappa shape index (κ1) is 14.9. The topological polar surface area (TPSA) is 59.1 Å². The van der Waals surface area contributed by atoms with Crippen LogP contribution in [-0.2, 0) is 9.84 Å². The molecular formula is C12H16Cl2N2O2S. The van der Waals surface area contributed by atoms with Gasteiger partial charge in [-0.3, -0.25) is 4.98 Å². The van der Waals surface area contributed by atoms with Gasteiger partial charge in [0.2, 0.25) is 0 Å². The molecule has 0 aliphatic heterocycles. The van der Waals surface area contributed by atoms with Crippen molar-refractivity contribution in [3.05, 3.63) is 22.4 Å². The van der Waals surface area contributed by atoms with Crippen LogP contribution in [-0.4, -0.2) is 30.9 Å². The highest BCUT2D eigenvalue weighted by Crippen LogP contribution is 2.32. The molecule has 0 saturated heterocycles. The van der Waals surface area contributed by atoms with E-state index in [9.17, 15) is 8.42 Å². The van der Waals surface area contributed by atoms with Gasteiger partial charge in [0.05, 0.1) is 21.0 Å². The fraction of sp³-hybridized carbons (Fsp3) is 0.583. The molecule has 1 aliphatic carbocycles. The Morgan fingerprint density at radius 2 is 1.89 bits per heavy atom. The third-order valence-corrected chi connectivity index (χ3v) is 5.65. The molecule has 1 aromatic rings. The van der Waals surface area contributed by atoms with Crippen LogP contribution in [0.1, 0.15) is 25.7 Å². The Morgan fingerprint density at radius 1 is 1.26 bits per heavy atom. The van der Waals surface area contributed by atoms with Crippen LogP contribution in [0.4, 0.5) is 5.69 Å². The Hall–Kier alpha value is -0.520. The van der Waals surface area contributed by atoms with Crippen LogP contribution in [0.25, 0.3) is 0 Å². The number of halogens is 2. The van der Waals surface area contributed by atoms with Crippen LogP contribution in [0.15, 0.2) is 12.4 Å². The van der Waals surface area contributed by atoms with Gasteiger partial charge in [0.15, 0.2) is 0 Å². The van der Waals surface area contributed by atoms with Crippen LogP contribution < -0.4 is 5.32 Å². The lowest BCUT2D eigenvalue weighted by molar-refractivity contribution is 0.453. The quantitative estimate of drug-likeness (QED) is 0.928. The van der Waals surface area contributed by atoms with Crippen molar-refractivity contribution in [3.8, 4) is 0 Å². The van der Waals surface area contributed by atoms with E-state index >= 15 is 0 Å². The van der Waals surface area contributed by atoms with Gasteiger partial charge in [-0.2, -0.15) is 0 Å². The number of hydrogen-bond donors (Lipinski definition) is 1. The standard InChI is InChI=1S/C12H16Cl2N2O2S/c1-19(17,18)9-4-2-3-8(5-9)16-12-10(13)6-15-7-11(12)14/h6-9H,2-5H2,1H3,(H,15,16). The number of hydrogen-bond acceptors (Lipinski definition) is 4. The molecule has 2 unspecified atom stereocenters. The maximum absolute atomic E-state index is 11.6. The van der Waals surface area contributed by atoms with Crippen molar-refractivity contribution in [1.82, 2.24) is 4.98 Å². The Kier molecular flexibility index (Phi) is 4.58. The average molecular weight is 323 g/mol. The number of sulfone groups is 1. The summed E-state index contributed by atoms with van der Waals surface area (Å²) in [5.74, 6) is 0. The number of aromatic nitrogens is 1. The predicted octanol–water partition coefficient (Wildman–Crippen LogP) is 3.16. The van der Waals surface area contributed by atoms with Crippen LogP contribution in [0.3, 0.4) is 0 Å². The molecule has 0 bridgehead atoms. The van der Waals surface area contributed by atoms with Gasteiger partial charge in [0.25, 0.3) is 0 Å². The first-order valence-corrected chi connectivity index (χ1v) is 8.83. The minimum absolute atomic E-state index is 0.0749. The van der Waals surface area contributed by atoms with Crippen LogP contribution in [0.2, 0.25) is 10.0 Å². The van der Waals surface area contributed by atoms with Crippen molar-refractivity contribution in [2.45, 2.75) is 37.0 Å². The number of nitrogens with one attached hydrogen (secondary N) is 1. The van der Waals surface area contributed by atoms with Gasteiger partial charge in [-0.1, -0.05) is 29.6 Å². The number of anilines is 1. The molecule has 2 atom stereocenters. The summed E-state index contributed by atoms with van der Waals surface area (Å²) < 4.78 is 23.3. The van der Waals surface area contributed by atoms with Gasteiger partial charge in [-0.15, -0.1) is 0 Å². The van der Waals surface area contributed by atoms with Crippen molar-refractivity contribution in [2.75, 3.05) is 11.6 Å². The molecular weight excluding hydrogens is 307 g/mol. The summed E-state index contributed by atoms with van der Waals surface area (Å²) in [7, 11) is -2.99. The van der Waals surface area contributed by atoms with E-state index in [-0.39, 0.29) is 11.3 Å². The minimum atomic E-state index is -2.99. The maximum Gasteiger partial charge on any atom is 0.150 e. The van der Waals surface area contributed by atoms with Crippen molar-refractivity contribution in [3.63, 3.8) is 0 Å². The second-order valence-corrected chi connectivity index (χ2v) is 8.08. The minimum Gasteiger partial charge on any atom is -0.380 e. The lowest BCUT2D eigenvalue weighted by atomic mass is 9.95.